The number of nitrogens with one attached hydrogen (secondary N) is 1. The zero-order chi connectivity index (χ0) is 13.8. The Labute approximate surface area is 106 Å². The molecule has 1 aromatic rings. The Morgan fingerprint density at radius 3 is 2.61 bits per heavy atom. The third kappa shape index (κ3) is 4.02. The fourth-order valence-corrected chi connectivity index (χ4v) is 2.40. The second kappa shape index (κ2) is 6.24. The van der Waals surface area contributed by atoms with Crippen LogP contribution in [0.2, 0.25) is 0 Å². The normalized spacial score (nSPS) is 12.1. The molecule has 0 aromatic heterocycles. The van der Waals surface area contributed by atoms with Crippen LogP contribution in [-0.4, -0.2) is 45.6 Å². The maximum atomic E-state index is 13.1. The summed E-state index contributed by atoms with van der Waals surface area (Å²) >= 11 is 0. The van der Waals surface area contributed by atoms with Crippen molar-refractivity contribution in [3.63, 3.8) is 0 Å². The van der Waals surface area contributed by atoms with Crippen LogP contribution in [0.25, 0.3) is 0 Å². The Morgan fingerprint density at radius 2 is 2.06 bits per heavy atom. The summed E-state index contributed by atoms with van der Waals surface area (Å²) in [6.07, 6.45) is 0. The highest BCUT2D eigenvalue weighted by Gasteiger charge is 2.15. The molecular formula is C11H17FN2O3S. The minimum absolute atomic E-state index is 0.0366. The number of rotatable bonds is 6. The third-order valence-electron chi connectivity index (χ3n) is 2.35. The lowest BCUT2D eigenvalue weighted by atomic mass is 10.2. The lowest BCUT2D eigenvalue weighted by Gasteiger charge is -2.11. The van der Waals surface area contributed by atoms with E-state index in [9.17, 15) is 12.8 Å². The molecule has 0 radical (unpaired) electrons. The second-order valence-corrected chi connectivity index (χ2v) is 5.88. The molecule has 0 fully saturated rings. The first kappa shape index (κ1) is 15.0. The van der Waals surface area contributed by atoms with Crippen LogP contribution in [0.15, 0.2) is 23.1 Å². The standard InChI is InChI=1S/C11H17FN2O3S/c1-14(2)6-5-13-18(16,17)10-3-4-11(12)9(7-10)8-15/h3-4,7,13,15H,5-6,8H2,1-2H3. The van der Waals surface area contributed by atoms with E-state index in [-0.39, 0.29) is 17.0 Å². The number of benzene rings is 1. The average molecular weight is 276 g/mol. The van der Waals surface area contributed by atoms with Gasteiger partial charge in [0.1, 0.15) is 5.82 Å². The van der Waals surface area contributed by atoms with Crippen molar-refractivity contribution in [3.8, 4) is 0 Å². The molecule has 2 N–H and O–H groups in total. The molecule has 0 heterocycles. The van der Waals surface area contributed by atoms with Crippen LogP contribution in [0.1, 0.15) is 5.56 Å². The molecule has 0 aliphatic heterocycles. The van der Waals surface area contributed by atoms with Gasteiger partial charge in [0.25, 0.3) is 0 Å². The van der Waals surface area contributed by atoms with Crippen LogP contribution in [-0.2, 0) is 16.6 Å². The van der Waals surface area contributed by atoms with E-state index in [1.54, 1.807) is 0 Å². The van der Waals surface area contributed by atoms with Crippen LogP contribution in [0.5, 0.6) is 0 Å². The van der Waals surface area contributed by atoms with Gasteiger partial charge < -0.3 is 10.0 Å². The molecule has 1 aromatic carbocycles. The largest absolute Gasteiger partial charge is 0.392 e. The molecule has 0 bridgehead atoms. The molecule has 18 heavy (non-hydrogen) atoms. The lowest BCUT2D eigenvalue weighted by molar-refractivity contribution is 0.275. The van der Waals surface area contributed by atoms with Gasteiger partial charge in [0.2, 0.25) is 10.0 Å². The summed E-state index contributed by atoms with van der Waals surface area (Å²) in [6, 6.07) is 3.34. The first-order valence-electron chi connectivity index (χ1n) is 5.40. The SMILES string of the molecule is CN(C)CCNS(=O)(=O)c1ccc(F)c(CO)c1. The summed E-state index contributed by atoms with van der Waals surface area (Å²) < 4.78 is 39.3. The van der Waals surface area contributed by atoms with Crippen molar-refractivity contribution in [1.29, 1.82) is 0 Å². The summed E-state index contributed by atoms with van der Waals surface area (Å²) in [5.41, 5.74) is -0.0366. The van der Waals surface area contributed by atoms with Crippen molar-refractivity contribution in [2.75, 3.05) is 27.2 Å². The molecule has 102 valence electrons. The molecule has 0 amide bonds. The zero-order valence-corrected chi connectivity index (χ0v) is 11.2. The molecule has 0 saturated heterocycles. The van der Waals surface area contributed by atoms with Gasteiger partial charge in [-0.1, -0.05) is 0 Å². The third-order valence-corrected chi connectivity index (χ3v) is 3.81. The van der Waals surface area contributed by atoms with Gasteiger partial charge in [-0.05, 0) is 32.3 Å². The number of hydrogen-bond acceptors (Lipinski definition) is 4. The van der Waals surface area contributed by atoms with Crippen molar-refractivity contribution >= 4 is 10.0 Å². The Morgan fingerprint density at radius 1 is 1.39 bits per heavy atom. The van der Waals surface area contributed by atoms with Gasteiger partial charge in [-0.15, -0.1) is 0 Å². The van der Waals surface area contributed by atoms with E-state index in [0.29, 0.717) is 6.54 Å². The topological polar surface area (TPSA) is 69.6 Å². The average Bonchev–Trinajstić information content (AvgIpc) is 2.28. The van der Waals surface area contributed by atoms with E-state index in [2.05, 4.69) is 4.72 Å². The molecule has 7 heteroatoms. The number of hydrogen-bond donors (Lipinski definition) is 2. The van der Waals surface area contributed by atoms with Gasteiger partial charge >= 0.3 is 0 Å². The minimum atomic E-state index is -3.66. The van der Waals surface area contributed by atoms with E-state index in [1.807, 2.05) is 19.0 Å². The minimum Gasteiger partial charge on any atom is -0.392 e. The maximum absolute atomic E-state index is 13.1. The van der Waals surface area contributed by atoms with E-state index in [1.165, 1.54) is 6.07 Å². The number of aliphatic hydroxyl groups excluding tert-OH is 1. The van der Waals surface area contributed by atoms with Crippen LogP contribution in [0, 0.1) is 5.82 Å². The number of aliphatic hydroxyl groups is 1. The monoisotopic (exact) mass is 276 g/mol. The summed E-state index contributed by atoms with van der Waals surface area (Å²) in [5.74, 6) is -0.621. The van der Waals surface area contributed by atoms with Crippen LogP contribution in [0.3, 0.4) is 0 Å². The van der Waals surface area contributed by atoms with Crippen LogP contribution >= 0.6 is 0 Å². The summed E-state index contributed by atoms with van der Waals surface area (Å²) in [7, 11) is -0.000899. The van der Waals surface area contributed by atoms with Gasteiger partial charge in [0.05, 0.1) is 11.5 Å². The molecule has 1 rings (SSSR count). The van der Waals surface area contributed by atoms with Crippen LogP contribution in [0.4, 0.5) is 4.39 Å². The van der Waals surface area contributed by atoms with Crippen molar-refractivity contribution < 1.29 is 17.9 Å². The Balaban J connectivity index is 2.85. The molecule has 0 unspecified atom stereocenters. The lowest BCUT2D eigenvalue weighted by Crippen LogP contribution is -2.31. The molecule has 0 atom stereocenters. The number of nitrogens with zero attached hydrogens (tertiary/aromatic N) is 1. The molecule has 0 saturated carbocycles. The van der Waals surface area contributed by atoms with Gasteiger partial charge in [-0.2, -0.15) is 0 Å². The fourth-order valence-electron chi connectivity index (χ4n) is 1.33. The van der Waals surface area contributed by atoms with E-state index < -0.39 is 22.4 Å². The van der Waals surface area contributed by atoms with Crippen molar-refractivity contribution in [2.24, 2.45) is 0 Å². The highest BCUT2D eigenvalue weighted by atomic mass is 32.2. The predicted molar refractivity (Wildman–Crippen MR) is 66.1 cm³/mol. The molecule has 5 nitrogen and oxygen atoms in total. The maximum Gasteiger partial charge on any atom is 0.240 e. The quantitative estimate of drug-likeness (QED) is 0.776. The summed E-state index contributed by atoms with van der Waals surface area (Å²) in [4.78, 5) is 1.79. The van der Waals surface area contributed by atoms with Gasteiger partial charge in [0, 0.05) is 18.7 Å². The number of sulfonamides is 1. The number of likely N-dealkylation sites (N-methyl/N-ethyl adjacent to an activating group) is 1. The van der Waals surface area contributed by atoms with E-state index >= 15 is 0 Å². The van der Waals surface area contributed by atoms with E-state index in [0.717, 1.165) is 12.1 Å². The summed E-state index contributed by atoms with van der Waals surface area (Å²) in [6.45, 7) is 0.293. The number of halogens is 1. The van der Waals surface area contributed by atoms with Crippen LogP contribution < -0.4 is 4.72 Å². The highest BCUT2D eigenvalue weighted by molar-refractivity contribution is 7.89. The fraction of sp³-hybridized carbons (Fsp3) is 0.455. The predicted octanol–water partition coefficient (Wildman–Crippen LogP) is 0.158. The molecule has 0 spiro atoms. The Kier molecular flexibility index (Phi) is 5.21. The first-order valence-corrected chi connectivity index (χ1v) is 6.89. The van der Waals surface area contributed by atoms with Gasteiger partial charge in [0.15, 0.2) is 0 Å². The zero-order valence-electron chi connectivity index (χ0n) is 10.4. The Bertz CT molecular complexity index is 503. The smallest absolute Gasteiger partial charge is 0.240 e. The molecule has 0 aliphatic carbocycles. The van der Waals surface area contributed by atoms with Crippen molar-refractivity contribution in [2.45, 2.75) is 11.5 Å². The van der Waals surface area contributed by atoms with Gasteiger partial charge in [-0.3, -0.25) is 0 Å². The second-order valence-electron chi connectivity index (χ2n) is 4.11. The molecular weight excluding hydrogens is 259 g/mol. The first-order chi connectivity index (χ1) is 8.36. The van der Waals surface area contributed by atoms with E-state index in [4.69, 9.17) is 5.11 Å². The van der Waals surface area contributed by atoms with Crippen molar-refractivity contribution in [1.82, 2.24) is 9.62 Å². The highest BCUT2D eigenvalue weighted by Crippen LogP contribution is 2.14. The van der Waals surface area contributed by atoms with Gasteiger partial charge in [-0.25, -0.2) is 17.5 Å². The Hall–Kier alpha value is -1.02. The summed E-state index contributed by atoms with van der Waals surface area (Å²) in [5, 5.41) is 8.90. The molecule has 0 aliphatic rings. The van der Waals surface area contributed by atoms with Crippen molar-refractivity contribution in [3.05, 3.63) is 29.6 Å².